The van der Waals surface area contributed by atoms with Gasteiger partial charge in [0.05, 0.1) is 11.5 Å². The summed E-state index contributed by atoms with van der Waals surface area (Å²) >= 11 is 0. The molecule has 0 saturated carbocycles. The second-order valence-corrected chi connectivity index (χ2v) is 8.23. The Balaban J connectivity index is 1.82. The number of hydrogen-bond acceptors (Lipinski definition) is 5. The molecule has 0 aliphatic carbocycles. The largest absolute Gasteiger partial charge is 0.355 e. The van der Waals surface area contributed by atoms with E-state index in [-0.39, 0.29) is 29.1 Å². The molecule has 24 heavy (non-hydrogen) atoms. The van der Waals surface area contributed by atoms with Gasteiger partial charge in [-0.15, -0.1) is 0 Å². The molecule has 1 unspecified atom stereocenters. The lowest BCUT2D eigenvalue weighted by atomic mass is 10.1. The first-order valence-electron chi connectivity index (χ1n) is 8.03. The average Bonchev–Trinajstić information content (AvgIpc) is 3.19. The smallest absolute Gasteiger partial charge is 0.276 e. The lowest BCUT2D eigenvalue weighted by Gasteiger charge is -2.26. The summed E-state index contributed by atoms with van der Waals surface area (Å²) in [7, 11) is -3.05. The van der Waals surface area contributed by atoms with Crippen molar-refractivity contribution in [3.05, 3.63) is 42.1 Å². The normalized spacial score (nSPS) is 19.3. The van der Waals surface area contributed by atoms with Crippen molar-refractivity contribution in [1.82, 2.24) is 10.1 Å². The van der Waals surface area contributed by atoms with E-state index in [1.165, 1.54) is 0 Å². The molecular weight excluding hydrogens is 328 g/mol. The highest BCUT2D eigenvalue weighted by molar-refractivity contribution is 7.91. The van der Waals surface area contributed by atoms with Crippen LogP contribution in [0.4, 0.5) is 0 Å². The number of hydrogen-bond donors (Lipinski definition) is 0. The third kappa shape index (κ3) is 3.51. The first-order chi connectivity index (χ1) is 11.5. The molecule has 0 N–H and O–H groups in total. The van der Waals surface area contributed by atoms with Crippen LogP contribution in [0.1, 0.15) is 30.3 Å². The van der Waals surface area contributed by atoms with E-state index >= 15 is 0 Å². The Morgan fingerprint density at radius 1 is 1.33 bits per heavy atom. The molecule has 3 rings (SSSR count). The number of benzene rings is 1. The Morgan fingerprint density at radius 3 is 2.71 bits per heavy atom. The predicted octanol–water partition coefficient (Wildman–Crippen LogP) is 2.38. The summed E-state index contributed by atoms with van der Waals surface area (Å²) in [6.45, 7) is 2.47. The van der Waals surface area contributed by atoms with Crippen LogP contribution in [0, 0.1) is 0 Å². The summed E-state index contributed by atoms with van der Waals surface area (Å²) in [6.07, 6.45) is 1.24. The Bertz CT molecular complexity index is 814. The molecule has 0 bridgehead atoms. The highest BCUT2D eigenvalue weighted by Crippen LogP contribution is 2.23. The van der Waals surface area contributed by atoms with Crippen LogP contribution in [0.25, 0.3) is 11.3 Å². The molecule has 0 radical (unpaired) electrons. The van der Waals surface area contributed by atoms with Gasteiger partial charge in [-0.25, -0.2) is 8.42 Å². The third-order valence-electron chi connectivity index (χ3n) is 4.16. The van der Waals surface area contributed by atoms with Crippen molar-refractivity contribution in [2.75, 3.05) is 18.1 Å². The summed E-state index contributed by atoms with van der Waals surface area (Å²) in [6, 6.07) is 10.8. The van der Waals surface area contributed by atoms with Gasteiger partial charge in [-0.3, -0.25) is 4.79 Å². The molecule has 1 aromatic heterocycles. The predicted molar refractivity (Wildman–Crippen MR) is 90.3 cm³/mol. The second-order valence-electron chi connectivity index (χ2n) is 6.00. The van der Waals surface area contributed by atoms with Crippen LogP contribution in [0.15, 0.2) is 40.9 Å². The van der Waals surface area contributed by atoms with E-state index in [0.717, 1.165) is 12.0 Å². The molecular formula is C17H20N2O4S. The van der Waals surface area contributed by atoms with Gasteiger partial charge in [0.15, 0.2) is 21.3 Å². The molecule has 1 amide bonds. The van der Waals surface area contributed by atoms with Crippen molar-refractivity contribution in [2.24, 2.45) is 0 Å². The molecule has 2 aromatic rings. The number of amides is 1. The standard InChI is InChI=1S/C17H20N2O4S/c1-2-9-19(14-8-10-24(21,22)12-14)17(20)15-11-16(23-18-15)13-6-4-3-5-7-13/h3-7,11,14H,2,8-10,12H2,1H3. The van der Waals surface area contributed by atoms with Crippen LogP contribution in [0.3, 0.4) is 0 Å². The number of aromatic nitrogens is 1. The van der Waals surface area contributed by atoms with Crippen molar-refractivity contribution in [3.8, 4) is 11.3 Å². The highest BCUT2D eigenvalue weighted by atomic mass is 32.2. The quantitative estimate of drug-likeness (QED) is 0.829. The van der Waals surface area contributed by atoms with E-state index in [0.29, 0.717) is 18.7 Å². The number of rotatable bonds is 5. The molecule has 1 fully saturated rings. The van der Waals surface area contributed by atoms with Crippen LogP contribution in [-0.4, -0.2) is 48.5 Å². The first kappa shape index (κ1) is 16.7. The number of sulfone groups is 1. The Hall–Kier alpha value is -2.15. The highest BCUT2D eigenvalue weighted by Gasteiger charge is 2.35. The van der Waals surface area contributed by atoms with Gasteiger partial charge in [0.2, 0.25) is 0 Å². The number of carbonyl (C=O) groups is 1. The zero-order valence-electron chi connectivity index (χ0n) is 13.5. The molecule has 1 aliphatic rings. The van der Waals surface area contributed by atoms with Gasteiger partial charge >= 0.3 is 0 Å². The van der Waals surface area contributed by atoms with Crippen LogP contribution in [-0.2, 0) is 9.84 Å². The summed E-state index contributed by atoms with van der Waals surface area (Å²) < 4.78 is 28.7. The number of nitrogens with zero attached hydrogens (tertiary/aromatic N) is 2. The molecule has 0 spiro atoms. The van der Waals surface area contributed by atoms with E-state index in [9.17, 15) is 13.2 Å². The minimum Gasteiger partial charge on any atom is -0.355 e. The maximum atomic E-state index is 12.8. The second kappa shape index (κ2) is 6.76. The fraction of sp³-hybridized carbons (Fsp3) is 0.412. The van der Waals surface area contributed by atoms with E-state index in [4.69, 9.17) is 4.52 Å². The van der Waals surface area contributed by atoms with E-state index in [1.54, 1.807) is 11.0 Å². The Kier molecular flexibility index (Phi) is 4.71. The molecule has 1 aliphatic heterocycles. The minimum atomic E-state index is -3.05. The zero-order valence-corrected chi connectivity index (χ0v) is 14.3. The van der Waals surface area contributed by atoms with Crippen molar-refractivity contribution in [1.29, 1.82) is 0 Å². The van der Waals surface area contributed by atoms with Gasteiger partial charge in [0.1, 0.15) is 0 Å². The molecule has 1 saturated heterocycles. The Labute approximate surface area is 141 Å². The summed E-state index contributed by atoms with van der Waals surface area (Å²) in [5, 5.41) is 3.89. The van der Waals surface area contributed by atoms with Gasteiger partial charge in [0, 0.05) is 24.2 Å². The monoisotopic (exact) mass is 348 g/mol. The fourth-order valence-electron chi connectivity index (χ4n) is 2.97. The fourth-order valence-corrected chi connectivity index (χ4v) is 4.70. The summed E-state index contributed by atoms with van der Waals surface area (Å²) in [4.78, 5) is 14.4. The van der Waals surface area contributed by atoms with Crippen molar-refractivity contribution in [3.63, 3.8) is 0 Å². The Morgan fingerprint density at radius 2 is 2.08 bits per heavy atom. The average molecular weight is 348 g/mol. The molecule has 128 valence electrons. The van der Waals surface area contributed by atoms with Crippen LogP contribution in [0.5, 0.6) is 0 Å². The molecule has 6 nitrogen and oxygen atoms in total. The SMILES string of the molecule is CCCN(C(=O)c1cc(-c2ccccc2)on1)C1CCS(=O)(=O)C1. The lowest BCUT2D eigenvalue weighted by molar-refractivity contribution is 0.0686. The van der Waals surface area contributed by atoms with Gasteiger partial charge in [-0.1, -0.05) is 42.4 Å². The summed E-state index contributed by atoms with van der Waals surface area (Å²) in [5.74, 6) is 0.417. The van der Waals surface area contributed by atoms with Gasteiger partial charge in [-0.05, 0) is 12.8 Å². The van der Waals surface area contributed by atoms with Crippen LogP contribution < -0.4 is 0 Å². The van der Waals surface area contributed by atoms with Crippen molar-refractivity contribution >= 4 is 15.7 Å². The molecule has 1 atom stereocenters. The molecule has 2 heterocycles. The molecule has 7 heteroatoms. The van der Waals surface area contributed by atoms with Gasteiger partial charge < -0.3 is 9.42 Å². The lowest BCUT2D eigenvalue weighted by Crippen LogP contribution is -2.41. The van der Waals surface area contributed by atoms with Gasteiger partial charge in [-0.2, -0.15) is 0 Å². The van der Waals surface area contributed by atoms with E-state index < -0.39 is 9.84 Å². The molecule has 1 aromatic carbocycles. The van der Waals surface area contributed by atoms with Crippen molar-refractivity contribution < 1.29 is 17.7 Å². The summed E-state index contributed by atoms with van der Waals surface area (Å²) in [5.41, 5.74) is 1.06. The minimum absolute atomic E-state index is 0.0299. The van der Waals surface area contributed by atoms with E-state index in [2.05, 4.69) is 5.16 Å². The van der Waals surface area contributed by atoms with E-state index in [1.807, 2.05) is 37.3 Å². The zero-order chi connectivity index (χ0) is 17.2. The first-order valence-corrected chi connectivity index (χ1v) is 9.86. The van der Waals surface area contributed by atoms with Crippen LogP contribution >= 0.6 is 0 Å². The van der Waals surface area contributed by atoms with Gasteiger partial charge in [0.25, 0.3) is 5.91 Å². The van der Waals surface area contributed by atoms with Crippen LogP contribution in [0.2, 0.25) is 0 Å². The van der Waals surface area contributed by atoms with Crippen molar-refractivity contribution in [2.45, 2.75) is 25.8 Å². The third-order valence-corrected chi connectivity index (χ3v) is 5.91. The maximum absolute atomic E-state index is 12.8. The topological polar surface area (TPSA) is 80.5 Å². The number of carbonyl (C=O) groups excluding carboxylic acids is 1. The maximum Gasteiger partial charge on any atom is 0.276 e.